The molecule has 0 fully saturated rings. The van der Waals surface area contributed by atoms with Crippen LogP contribution in [0, 0.1) is 10.1 Å². The first kappa shape index (κ1) is 15.5. The number of nitro benzene ring substituents is 1. The van der Waals surface area contributed by atoms with Gasteiger partial charge in [-0.1, -0.05) is 0 Å². The predicted molar refractivity (Wildman–Crippen MR) is 72.6 cm³/mol. The summed E-state index contributed by atoms with van der Waals surface area (Å²) in [5.41, 5.74) is 0.802. The highest BCUT2D eigenvalue weighted by molar-refractivity contribution is 5.96. The lowest BCUT2D eigenvalue weighted by atomic mass is 10.1. The Morgan fingerprint density at radius 3 is 2.64 bits per heavy atom. The van der Waals surface area contributed by atoms with Crippen molar-refractivity contribution in [3.63, 3.8) is 0 Å². The Balaban J connectivity index is 2.31. The summed E-state index contributed by atoms with van der Waals surface area (Å²) in [6.07, 6.45) is -3.23. The summed E-state index contributed by atoms with van der Waals surface area (Å²) in [4.78, 5) is 10.00. The van der Waals surface area contributed by atoms with E-state index in [0.717, 1.165) is 12.1 Å². The molecule has 0 aliphatic heterocycles. The van der Waals surface area contributed by atoms with Crippen molar-refractivity contribution in [1.29, 1.82) is 0 Å². The molecule has 1 aromatic heterocycles. The molecule has 0 atom stereocenters. The van der Waals surface area contributed by atoms with Gasteiger partial charge in [0.25, 0.3) is 5.69 Å². The Labute approximate surface area is 122 Å². The second kappa shape index (κ2) is 5.88. The topological polar surface area (TPSA) is 80.7 Å². The van der Waals surface area contributed by atoms with Crippen LogP contribution in [-0.4, -0.2) is 10.6 Å². The van der Waals surface area contributed by atoms with Crippen LogP contribution >= 0.6 is 0 Å². The summed E-state index contributed by atoms with van der Waals surface area (Å²) >= 11 is 0. The number of furan rings is 1. The molecule has 0 bridgehead atoms. The minimum atomic E-state index is -4.66. The summed E-state index contributed by atoms with van der Waals surface area (Å²) in [6, 6.07) is 5.42. The molecule has 6 nitrogen and oxygen atoms in total. The minimum Gasteiger partial charge on any atom is -0.463 e. The van der Waals surface area contributed by atoms with Crippen LogP contribution in [0.5, 0.6) is 0 Å². The van der Waals surface area contributed by atoms with Gasteiger partial charge in [0.15, 0.2) is 0 Å². The molecule has 0 amide bonds. The summed E-state index contributed by atoms with van der Waals surface area (Å²) in [5, 5.41) is 14.8. The van der Waals surface area contributed by atoms with Gasteiger partial charge in [-0.15, -0.1) is 0 Å². The van der Waals surface area contributed by atoms with Crippen molar-refractivity contribution in [2.45, 2.75) is 13.1 Å². The Morgan fingerprint density at radius 2 is 2.09 bits per heavy atom. The molecule has 1 aromatic carbocycles. The molecule has 2 aromatic rings. The van der Waals surface area contributed by atoms with Gasteiger partial charge in [0.1, 0.15) is 17.2 Å². The lowest BCUT2D eigenvalue weighted by Crippen LogP contribution is -2.07. The van der Waals surface area contributed by atoms with Crippen molar-refractivity contribution in [3.05, 3.63) is 58.0 Å². The molecule has 9 heteroatoms. The first-order chi connectivity index (χ1) is 10.3. The molecular formula is C13H10F3N3O3. The second-order valence-electron chi connectivity index (χ2n) is 4.27. The summed E-state index contributed by atoms with van der Waals surface area (Å²) < 4.78 is 42.8. The maximum Gasteiger partial charge on any atom is 0.416 e. The van der Waals surface area contributed by atoms with Crippen LogP contribution < -0.4 is 5.43 Å². The Hall–Kier alpha value is -2.84. The van der Waals surface area contributed by atoms with Crippen LogP contribution in [0.15, 0.2) is 46.1 Å². The van der Waals surface area contributed by atoms with Crippen molar-refractivity contribution in [2.75, 3.05) is 5.43 Å². The molecule has 0 spiro atoms. The molecule has 116 valence electrons. The van der Waals surface area contributed by atoms with Crippen LogP contribution in [0.2, 0.25) is 0 Å². The number of anilines is 1. The largest absolute Gasteiger partial charge is 0.463 e. The van der Waals surface area contributed by atoms with E-state index in [1.165, 1.54) is 6.26 Å². The number of hydrogen-bond donors (Lipinski definition) is 1. The molecule has 1 N–H and O–H groups in total. The van der Waals surface area contributed by atoms with Gasteiger partial charge < -0.3 is 4.42 Å². The third-order valence-electron chi connectivity index (χ3n) is 2.74. The maximum absolute atomic E-state index is 12.6. The van der Waals surface area contributed by atoms with Crippen LogP contribution in [0.25, 0.3) is 0 Å². The third-order valence-corrected chi connectivity index (χ3v) is 2.74. The second-order valence-corrected chi connectivity index (χ2v) is 4.27. The van der Waals surface area contributed by atoms with Crippen LogP contribution in [0.4, 0.5) is 24.5 Å². The van der Waals surface area contributed by atoms with Gasteiger partial charge in [-0.25, -0.2) is 0 Å². The number of hydrazone groups is 1. The van der Waals surface area contributed by atoms with Crippen molar-refractivity contribution in [1.82, 2.24) is 0 Å². The lowest BCUT2D eigenvalue weighted by Gasteiger charge is -2.08. The fraction of sp³-hybridized carbons (Fsp3) is 0.154. The molecule has 0 saturated heterocycles. The summed E-state index contributed by atoms with van der Waals surface area (Å²) in [5.74, 6) is 0.432. The number of nitro groups is 1. The zero-order chi connectivity index (χ0) is 16.3. The van der Waals surface area contributed by atoms with Gasteiger partial charge in [-0.2, -0.15) is 18.3 Å². The Morgan fingerprint density at radius 1 is 1.36 bits per heavy atom. The van der Waals surface area contributed by atoms with E-state index < -0.39 is 22.4 Å². The fourth-order valence-corrected chi connectivity index (χ4v) is 1.64. The molecule has 0 aliphatic rings. The van der Waals surface area contributed by atoms with E-state index in [1.54, 1.807) is 19.1 Å². The number of nitrogens with zero attached hydrogens (tertiary/aromatic N) is 2. The van der Waals surface area contributed by atoms with Gasteiger partial charge in [-0.05, 0) is 31.2 Å². The smallest absolute Gasteiger partial charge is 0.416 e. The zero-order valence-electron chi connectivity index (χ0n) is 11.2. The normalized spacial score (nSPS) is 12.3. The number of rotatable bonds is 4. The molecule has 0 radical (unpaired) electrons. The SMILES string of the molecule is CC(=NNc1ccc(C(F)(F)F)cc1[N+](=O)[O-])c1ccco1. The lowest BCUT2D eigenvalue weighted by molar-refractivity contribution is -0.384. The standard InChI is InChI=1S/C13H10F3N3O3/c1-8(12-3-2-6-22-12)17-18-10-5-4-9(13(14,15)16)7-11(10)19(20)21/h2-7,18H,1H3. The van der Waals surface area contributed by atoms with Gasteiger partial charge in [0.2, 0.25) is 0 Å². The third kappa shape index (κ3) is 3.43. The summed E-state index contributed by atoms with van der Waals surface area (Å²) in [7, 11) is 0. The van der Waals surface area contributed by atoms with Gasteiger partial charge in [-0.3, -0.25) is 15.5 Å². The first-order valence-corrected chi connectivity index (χ1v) is 5.99. The first-order valence-electron chi connectivity index (χ1n) is 5.99. The number of benzene rings is 1. The van der Waals surface area contributed by atoms with Crippen molar-refractivity contribution < 1.29 is 22.5 Å². The van der Waals surface area contributed by atoms with Gasteiger partial charge >= 0.3 is 6.18 Å². The van der Waals surface area contributed by atoms with E-state index in [-0.39, 0.29) is 5.69 Å². The monoisotopic (exact) mass is 313 g/mol. The van der Waals surface area contributed by atoms with Gasteiger partial charge in [0.05, 0.1) is 16.7 Å². The highest BCUT2D eigenvalue weighted by atomic mass is 19.4. The van der Waals surface area contributed by atoms with Crippen LogP contribution in [0.3, 0.4) is 0 Å². The highest BCUT2D eigenvalue weighted by Gasteiger charge is 2.33. The molecule has 0 aliphatic carbocycles. The van der Waals surface area contributed by atoms with E-state index in [4.69, 9.17) is 4.42 Å². The fourth-order valence-electron chi connectivity index (χ4n) is 1.64. The predicted octanol–water partition coefficient (Wildman–Crippen LogP) is 4.04. The van der Waals surface area contributed by atoms with E-state index in [1.807, 2.05) is 0 Å². The number of nitrogens with one attached hydrogen (secondary N) is 1. The average molecular weight is 313 g/mol. The average Bonchev–Trinajstić information content (AvgIpc) is 2.97. The van der Waals surface area contributed by atoms with Crippen molar-refractivity contribution in [3.8, 4) is 0 Å². The van der Waals surface area contributed by atoms with E-state index in [2.05, 4.69) is 10.5 Å². The van der Waals surface area contributed by atoms with Gasteiger partial charge in [0, 0.05) is 6.07 Å². The van der Waals surface area contributed by atoms with Crippen molar-refractivity contribution in [2.24, 2.45) is 5.10 Å². The molecule has 2 rings (SSSR count). The Kier molecular flexibility index (Phi) is 4.15. The summed E-state index contributed by atoms with van der Waals surface area (Å²) in [6.45, 7) is 1.59. The van der Waals surface area contributed by atoms with E-state index in [9.17, 15) is 23.3 Å². The zero-order valence-corrected chi connectivity index (χ0v) is 11.2. The Bertz CT molecular complexity index is 709. The number of alkyl halides is 3. The van der Waals surface area contributed by atoms with Crippen molar-refractivity contribution >= 4 is 17.1 Å². The van der Waals surface area contributed by atoms with E-state index in [0.29, 0.717) is 17.5 Å². The minimum absolute atomic E-state index is 0.149. The number of halogens is 3. The molecule has 0 saturated carbocycles. The molecule has 1 heterocycles. The highest BCUT2D eigenvalue weighted by Crippen LogP contribution is 2.34. The molecule has 22 heavy (non-hydrogen) atoms. The molecular weight excluding hydrogens is 303 g/mol. The van der Waals surface area contributed by atoms with Crippen LogP contribution in [0.1, 0.15) is 18.2 Å². The quantitative estimate of drug-likeness (QED) is 0.524. The molecule has 0 unspecified atom stereocenters. The maximum atomic E-state index is 12.6. The number of hydrogen-bond acceptors (Lipinski definition) is 5. The van der Waals surface area contributed by atoms with E-state index >= 15 is 0 Å². The van der Waals surface area contributed by atoms with Crippen LogP contribution in [-0.2, 0) is 6.18 Å².